The highest BCUT2D eigenvalue weighted by Gasteiger charge is 2.18. The Bertz CT molecular complexity index is 429. The zero-order chi connectivity index (χ0) is 13.2. The Balaban J connectivity index is 3.02. The van der Waals surface area contributed by atoms with E-state index in [0.29, 0.717) is 10.0 Å². The smallest absolute Gasteiger partial charge is 0.423 e. The molecule has 0 bridgehead atoms. The van der Waals surface area contributed by atoms with Crippen LogP contribution < -0.4 is 10.8 Å². The van der Waals surface area contributed by atoms with Gasteiger partial charge in [0.25, 0.3) is 5.91 Å². The molecular formula is C11H15BBrNO3. The molecule has 0 aromatic heterocycles. The van der Waals surface area contributed by atoms with E-state index in [2.05, 4.69) is 21.2 Å². The van der Waals surface area contributed by atoms with Crippen LogP contribution in [0.15, 0.2) is 22.7 Å². The van der Waals surface area contributed by atoms with Crippen molar-refractivity contribution in [3.63, 3.8) is 0 Å². The van der Waals surface area contributed by atoms with Gasteiger partial charge in [0, 0.05) is 15.6 Å². The van der Waals surface area contributed by atoms with E-state index in [1.807, 2.05) is 20.8 Å². The lowest BCUT2D eigenvalue weighted by Gasteiger charge is -2.20. The first kappa shape index (κ1) is 14.2. The van der Waals surface area contributed by atoms with Gasteiger partial charge < -0.3 is 15.4 Å². The molecule has 0 aliphatic heterocycles. The van der Waals surface area contributed by atoms with Gasteiger partial charge in [-0.1, -0.05) is 15.9 Å². The van der Waals surface area contributed by atoms with Gasteiger partial charge in [-0.15, -0.1) is 0 Å². The standard InChI is InChI=1S/C11H15BBrNO3/c1-11(2,3)14-10(15)7-4-8(12(16)17)6-9(13)5-7/h4-6,16-17H,1-3H3,(H,14,15). The number of carbonyl (C=O) groups excluding carboxylic acids is 1. The molecule has 1 aromatic carbocycles. The van der Waals surface area contributed by atoms with Gasteiger partial charge >= 0.3 is 7.12 Å². The van der Waals surface area contributed by atoms with Crippen molar-refractivity contribution in [3.05, 3.63) is 28.2 Å². The van der Waals surface area contributed by atoms with E-state index in [0.717, 1.165) is 0 Å². The summed E-state index contributed by atoms with van der Waals surface area (Å²) in [6, 6.07) is 4.64. The minimum Gasteiger partial charge on any atom is -0.423 e. The summed E-state index contributed by atoms with van der Waals surface area (Å²) in [7, 11) is -1.59. The maximum absolute atomic E-state index is 11.9. The maximum atomic E-state index is 11.9. The molecule has 0 unspecified atom stereocenters. The Labute approximate surface area is 109 Å². The topological polar surface area (TPSA) is 69.6 Å². The minimum atomic E-state index is -1.59. The summed E-state index contributed by atoms with van der Waals surface area (Å²) in [6.45, 7) is 5.64. The van der Waals surface area contributed by atoms with E-state index in [1.54, 1.807) is 12.1 Å². The second-order valence-electron chi connectivity index (χ2n) is 4.85. The lowest BCUT2D eigenvalue weighted by Crippen LogP contribution is -2.41. The molecule has 0 saturated carbocycles. The Hall–Kier alpha value is -0.845. The van der Waals surface area contributed by atoms with Crippen molar-refractivity contribution in [2.24, 2.45) is 0 Å². The third-order valence-corrected chi connectivity index (χ3v) is 2.43. The number of halogens is 1. The van der Waals surface area contributed by atoms with Crippen LogP contribution in [0.25, 0.3) is 0 Å². The first-order chi connectivity index (χ1) is 7.69. The molecule has 92 valence electrons. The van der Waals surface area contributed by atoms with E-state index in [-0.39, 0.29) is 16.9 Å². The molecule has 1 aromatic rings. The quantitative estimate of drug-likeness (QED) is 0.703. The highest BCUT2D eigenvalue weighted by Crippen LogP contribution is 2.12. The van der Waals surface area contributed by atoms with Crippen LogP contribution in [0.4, 0.5) is 0 Å². The summed E-state index contributed by atoms with van der Waals surface area (Å²) in [5.41, 5.74) is 0.327. The average Bonchev–Trinajstić information content (AvgIpc) is 2.13. The van der Waals surface area contributed by atoms with Gasteiger partial charge in [-0.2, -0.15) is 0 Å². The van der Waals surface area contributed by atoms with Crippen molar-refractivity contribution in [3.8, 4) is 0 Å². The molecule has 17 heavy (non-hydrogen) atoms. The van der Waals surface area contributed by atoms with Gasteiger partial charge in [0.2, 0.25) is 0 Å². The van der Waals surface area contributed by atoms with Crippen molar-refractivity contribution in [1.29, 1.82) is 0 Å². The number of hydrogen-bond acceptors (Lipinski definition) is 3. The summed E-state index contributed by atoms with van der Waals surface area (Å²) >= 11 is 3.23. The van der Waals surface area contributed by atoms with Crippen LogP contribution in [0.3, 0.4) is 0 Å². The molecule has 3 N–H and O–H groups in total. The highest BCUT2D eigenvalue weighted by molar-refractivity contribution is 9.10. The normalized spacial score (nSPS) is 11.2. The van der Waals surface area contributed by atoms with E-state index in [1.165, 1.54) is 6.07 Å². The largest absolute Gasteiger partial charge is 0.488 e. The monoisotopic (exact) mass is 299 g/mol. The maximum Gasteiger partial charge on any atom is 0.488 e. The zero-order valence-corrected chi connectivity index (χ0v) is 11.6. The van der Waals surface area contributed by atoms with Gasteiger partial charge in [0.05, 0.1) is 0 Å². The van der Waals surface area contributed by atoms with Crippen molar-refractivity contribution < 1.29 is 14.8 Å². The number of carbonyl (C=O) groups is 1. The fraction of sp³-hybridized carbons (Fsp3) is 0.364. The predicted octanol–water partition coefficient (Wildman–Crippen LogP) is 0.657. The van der Waals surface area contributed by atoms with Crippen LogP contribution in [-0.4, -0.2) is 28.6 Å². The Morgan fingerprint density at radius 2 is 1.88 bits per heavy atom. The third kappa shape index (κ3) is 4.49. The van der Waals surface area contributed by atoms with Crippen LogP contribution in [0.2, 0.25) is 0 Å². The second-order valence-corrected chi connectivity index (χ2v) is 5.77. The van der Waals surface area contributed by atoms with Crippen molar-refractivity contribution in [1.82, 2.24) is 5.32 Å². The molecule has 0 heterocycles. The van der Waals surface area contributed by atoms with Crippen molar-refractivity contribution in [2.45, 2.75) is 26.3 Å². The summed E-state index contributed by atoms with van der Waals surface area (Å²) < 4.78 is 0.627. The Morgan fingerprint density at radius 3 is 2.35 bits per heavy atom. The molecule has 6 heteroatoms. The van der Waals surface area contributed by atoms with E-state index >= 15 is 0 Å². The van der Waals surface area contributed by atoms with Crippen LogP contribution in [0.1, 0.15) is 31.1 Å². The second kappa shape index (κ2) is 5.20. The third-order valence-electron chi connectivity index (χ3n) is 1.97. The van der Waals surface area contributed by atoms with Crippen LogP contribution in [0, 0.1) is 0 Å². The molecule has 0 aliphatic carbocycles. The SMILES string of the molecule is CC(C)(C)NC(=O)c1cc(Br)cc(B(O)O)c1. The van der Waals surface area contributed by atoms with Crippen LogP contribution in [0.5, 0.6) is 0 Å². The number of rotatable bonds is 2. The molecule has 1 rings (SSSR count). The summed E-state index contributed by atoms with van der Waals surface area (Å²) in [6.07, 6.45) is 0. The lowest BCUT2D eigenvalue weighted by molar-refractivity contribution is 0.0919. The Kier molecular flexibility index (Phi) is 4.35. The van der Waals surface area contributed by atoms with Gasteiger partial charge in [-0.05, 0) is 44.4 Å². The van der Waals surface area contributed by atoms with E-state index in [4.69, 9.17) is 10.0 Å². The van der Waals surface area contributed by atoms with E-state index < -0.39 is 7.12 Å². The van der Waals surface area contributed by atoms with Gasteiger partial charge in [-0.25, -0.2) is 0 Å². The minimum absolute atomic E-state index is 0.249. The van der Waals surface area contributed by atoms with Gasteiger partial charge in [0.15, 0.2) is 0 Å². The summed E-state index contributed by atoms with van der Waals surface area (Å²) in [5.74, 6) is -0.249. The molecular weight excluding hydrogens is 285 g/mol. The molecule has 1 amide bonds. The fourth-order valence-corrected chi connectivity index (χ4v) is 1.82. The van der Waals surface area contributed by atoms with Crippen molar-refractivity contribution >= 4 is 34.4 Å². The average molecular weight is 300 g/mol. The number of amides is 1. The molecule has 0 fully saturated rings. The molecule has 0 radical (unpaired) electrons. The van der Waals surface area contributed by atoms with Gasteiger partial charge in [0.1, 0.15) is 0 Å². The Morgan fingerprint density at radius 1 is 1.29 bits per heavy atom. The fourth-order valence-electron chi connectivity index (χ4n) is 1.31. The molecule has 4 nitrogen and oxygen atoms in total. The number of hydrogen-bond donors (Lipinski definition) is 3. The van der Waals surface area contributed by atoms with Crippen molar-refractivity contribution in [2.75, 3.05) is 0 Å². The molecule has 0 atom stereocenters. The zero-order valence-electron chi connectivity index (χ0n) is 9.99. The van der Waals surface area contributed by atoms with Crippen LogP contribution in [-0.2, 0) is 0 Å². The summed E-state index contributed by atoms with van der Waals surface area (Å²) in [4.78, 5) is 11.9. The highest BCUT2D eigenvalue weighted by atomic mass is 79.9. The first-order valence-corrected chi connectivity index (χ1v) is 5.97. The van der Waals surface area contributed by atoms with E-state index in [9.17, 15) is 4.79 Å². The predicted molar refractivity (Wildman–Crippen MR) is 71.2 cm³/mol. The number of nitrogens with one attached hydrogen (secondary N) is 1. The molecule has 0 spiro atoms. The van der Waals surface area contributed by atoms with Crippen LogP contribution >= 0.6 is 15.9 Å². The summed E-state index contributed by atoms with van der Waals surface area (Å²) in [5, 5.41) is 21.0. The molecule has 0 saturated heterocycles. The lowest BCUT2D eigenvalue weighted by atomic mass is 9.79. The van der Waals surface area contributed by atoms with Gasteiger partial charge in [-0.3, -0.25) is 4.79 Å². The first-order valence-electron chi connectivity index (χ1n) is 5.18. The number of benzene rings is 1. The molecule has 0 aliphatic rings.